The van der Waals surface area contributed by atoms with Gasteiger partial charge >= 0.3 is 0 Å². The quantitative estimate of drug-likeness (QED) is 0.526. The molecule has 0 unspecified atom stereocenters. The summed E-state index contributed by atoms with van der Waals surface area (Å²) in [6.45, 7) is 3.13. The summed E-state index contributed by atoms with van der Waals surface area (Å²) in [7, 11) is 1.67. The highest BCUT2D eigenvalue weighted by Gasteiger charge is 2.11. The molecule has 0 bridgehead atoms. The number of hydrogen-bond acceptors (Lipinski definition) is 3. The van der Waals surface area contributed by atoms with Crippen LogP contribution in [0, 0.1) is 0 Å². The Balaban J connectivity index is 2.07. The summed E-state index contributed by atoms with van der Waals surface area (Å²) in [6, 6.07) is 24.1. The average Bonchev–Trinajstić information content (AvgIpc) is 2.74. The summed E-state index contributed by atoms with van der Waals surface area (Å²) >= 11 is 6.10. The van der Waals surface area contributed by atoms with Gasteiger partial charge in [-0.3, -0.25) is 0 Å². The highest BCUT2D eigenvalue weighted by Crippen LogP contribution is 2.34. The lowest BCUT2D eigenvalue weighted by atomic mass is 9.90. The van der Waals surface area contributed by atoms with E-state index in [1.54, 1.807) is 7.11 Å². The summed E-state index contributed by atoms with van der Waals surface area (Å²) in [5, 5.41) is 0.718. The van der Waals surface area contributed by atoms with Crippen molar-refractivity contribution in [2.45, 2.75) is 6.92 Å². The average molecular weight is 394 g/mol. The minimum atomic E-state index is 0.494. The van der Waals surface area contributed by atoms with Crippen LogP contribution in [0.15, 0.2) is 72.8 Å². The van der Waals surface area contributed by atoms with Crippen LogP contribution in [0.3, 0.4) is 0 Å². The van der Waals surface area contributed by atoms with Crippen molar-refractivity contribution in [3.63, 3.8) is 0 Å². The molecule has 0 radical (unpaired) electrons. The van der Waals surface area contributed by atoms with Gasteiger partial charge in [0.15, 0.2) is 0 Å². The standard InChI is InChI=1S/C24H24ClNO2/c1-17(18-5-11-22(27-2)12-6-18)24(19-3-9-21(25)10-4-19)20-7-13-23(14-8-20)28-16-15-26/h3-14H,15-16,26H2,1-2H3/b24-17+. The van der Waals surface area contributed by atoms with Crippen LogP contribution in [0.4, 0.5) is 0 Å². The largest absolute Gasteiger partial charge is 0.497 e. The molecule has 0 aromatic heterocycles. The van der Waals surface area contributed by atoms with Gasteiger partial charge in [0.05, 0.1) is 7.11 Å². The minimum absolute atomic E-state index is 0.494. The van der Waals surface area contributed by atoms with Gasteiger partial charge in [-0.15, -0.1) is 0 Å². The molecule has 4 heteroatoms. The zero-order valence-electron chi connectivity index (χ0n) is 16.1. The van der Waals surface area contributed by atoms with Crippen molar-refractivity contribution >= 4 is 22.7 Å². The second kappa shape index (κ2) is 9.45. The van der Waals surface area contributed by atoms with Gasteiger partial charge in [-0.1, -0.05) is 48.0 Å². The summed E-state index contributed by atoms with van der Waals surface area (Å²) in [5.74, 6) is 1.65. The monoisotopic (exact) mass is 393 g/mol. The number of nitrogens with two attached hydrogens (primary N) is 1. The van der Waals surface area contributed by atoms with Crippen LogP contribution in [-0.4, -0.2) is 20.3 Å². The van der Waals surface area contributed by atoms with Crippen molar-refractivity contribution in [3.05, 3.63) is 94.5 Å². The maximum Gasteiger partial charge on any atom is 0.119 e. The van der Waals surface area contributed by atoms with Gasteiger partial charge in [-0.05, 0) is 71.2 Å². The van der Waals surface area contributed by atoms with Crippen molar-refractivity contribution in [3.8, 4) is 11.5 Å². The highest BCUT2D eigenvalue weighted by molar-refractivity contribution is 6.30. The number of hydrogen-bond donors (Lipinski definition) is 1. The second-order valence-corrected chi connectivity index (χ2v) is 6.83. The maximum absolute atomic E-state index is 6.10. The van der Waals surface area contributed by atoms with E-state index in [1.165, 1.54) is 5.57 Å². The molecule has 0 aliphatic carbocycles. The number of benzene rings is 3. The van der Waals surface area contributed by atoms with Crippen molar-refractivity contribution in [1.82, 2.24) is 0 Å². The Labute approximate surface area is 171 Å². The van der Waals surface area contributed by atoms with Crippen LogP contribution >= 0.6 is 11.6 Å². The van der Waals surface area contributed by atoms with Crippen molar-refractivity contribution < 1.29 is 9.47 Å². The van der Waals surface area contributed by atoms with Gasteiger partial charge in [0.2, 0.25) is 0 Å². The number of rotatable bonds is 7. The molecule has 144 valence electrons. The molecule has 0 saturated carbocycles. The van der Waals surface area contributed by atoms with E-state index < -0.39 is 0 Å². The van der Waals surface area contributed by atoms with Crippen LogP contribution in [0.2, 0.25) is 5.02 Å². The lowest BCUT2D eigenvalue weighted by molar-refractivity contribution is 0.328. The molecule has 0 atom stereocenters. The first kappa shape index (κ1) is 20.0. The lowest BCUT2D eigenvalue weighted by Gasteiger charge is -2.15. The lowest BCUT2D eigenvalue weighted by Crippen LogP contribution is -2.10. The predicted octanol–water partition coefficient (Wildman–Crippen LogP) is 5.67. The Morgan fingerprint density at radius 1 is 0.786 bits per heavy atom. The Hall–Kier alpha value is -2.75. The highest BCUT2D eigenvalue weighted by atomic mass is 35.5. The Kier molecular flexibility index (Phi) is 6.75. The molecule has 0 aliphatic heterocycles. The number of methoxy groups -OCH3 is 1. The van der Waals surface area contributed by atoms with E-state index in [-0.39, 0.29) is 0 Å². The van der Waals surface area contributed by atoms with E-state index in [2.05, 4.69) is 31.2 Å². The van der Waals surface area contributed by atoms with Gasteiger partial charge in [-0.2, -0.15) is 0 Å². The van der Waals surface area contributed by atoms with E-state index in [0.717, 1.165) is 38.8 Å². The topological polar surface area (TPSA) is 44.5 Å². The molecular formula is C24H24ClNO2. The smallest absolute Gasteiger partial charge is 0.119 e. The first-order valence-corrected chi connectivity index (χ1v) is 9.54. The molecule has 0 amide bonds. The van der Waals surface area contributed by atoms with E-state index in [0.29, 0.717) is 13.2 Å². The third-order valence-corrected chi connectivity index (χ3v) is 4.81. The minimum Gasteiger partial charge on any atom is -0.497 e. The predicted molar refractivity (Wildman–Crippen MR) is 117 cm³/mol. The molecule has 3 rings (SSSR count). The molecule has 2 N–H and O–H groups in total. The van der Waals surface area contributed by atoms with Crippen molar-refractivity contribution in [2.24, 2.45) is 5.73 Å². The second-order valence-electron chi connectivity index (χ2n) is 6.40. The summed E-state index contributed by atoms with van der Waals surface area (Å²) in [6.07, 6.45) is 0. The van der Waals surface area contributed by atoms with Gasteiger partial charge in [0.1, 0.15) is 18.1 Å². The Morgan fingerprint density at radius 2 is 1.29 bits per heavy atom. The SMILES string of the molecule is COc1ccc(/C(C)=C(\c2ccc(Cl)cc2)c2ccc(OCCN)cc2)cc1. The maximum atomic E-state index is 6.10. The molecule has 0 spiro atoms. The van der Waals surface area contributed by atoms with Gasteiger partial charge in [-0.25, -0.2) is 0 Å². The van der Waals surface area contributed by atoms with Crippen LogP contribution in [0.1, 0.15) is 23.6 Å². The number of halogens is 1. The first-order chi connectivity index (χ1) is 13.6. The summed E-state index contributed by atoms with van der Waals surface area (Å²) < 4.78 is 10.9. The fraction of sp³-hybridized carbons (Fsp3) is 0.167. The first-order valence-electron chi connectivity index (χ1n) is 9.17. The Bertz CT molecular complexity index is 930. The molecule has 0 saturated heterocycles. The zero-order valence-corrected chi connectivity index (χ0v) is 16.9. The van der Waals surface area contributed by atoms with Gasteiger partial charge < -0.3 is 15.2 Å². The molecule has 3 aromatic rings. The van der Waals surface area contributed by atoms with Crippen LogP contribution < -0.4 is 15.2 Å². The van der Waals surface area contributed by atoms with Gasteiger partial charge in [0, 0.05) is 11.6 Å². The third kappa shape index (κ3) is 4.75. The van der Waals surface area contributed by atoms with Crippen LogP contribution in [0.25, 0.3) is 11.1 Å². The molecular weight excluding hydrogens is 370 g/mol. The van der Waals surface area contributed by atoms with Gasteiger partial charge in [0.25, 0.3) is 0 Å². The third-order valence-electron chi connectivity index (χ3n) is 4.56. The summed E-state index contributed by atoms with van der Waals surface area (Å²) in [4.78, 5) is 0. The fourth-order valence-electron chi connectivity index (χ4n) is 3.10. The molecule has 28 heavy (non-hydrogen) atoms. The van der Waals surface area contributed by atoms with E-state index in [1.807, 2.05) is 48.5 Å². The molecule has 0 heterocycles. The number of allylic oxidation sites excluding steroid dienone is 1. The molecule has 3 nitrogen and oxygen atoms in total. The molecule has 0 aliphatic rings. The van der Waals surface area contributed by atoms with E-state index >= 15 is 0 Å². The molecule has 3 aromatic carbocycles. The summed E-state index contributed by atoms with van der Waals surface area (Å²) in [5.41, 5.74) is 11.2. The molecule has 0 fully saturated rings. The van der Waals surface area contributed by atoms with E-state index in [9.17, 15) is 0 Å². The normalized spacial score (nSPS) is 11.7. The van der Waals surface area contributed by atoms with Crippen molar-refractivity contribution in [1.29, 1.82) is 0 Å². The Morgan fingerprint density at radius 3 is 1.82 bits per heavy atom. The van der Waals surface area contributed by atoms with Crippen molar-refractivity contribution in [2.75, 3.05) is 20.3 Å². The van der Waals surface area contributed by atoms with Crippen LogP contribution in [0.5, 0.6) is 11.5 Å². The van der Waals surface area contributed by atoms with Crippen LogP contribution in [-0.2, 0) is 0 Å². The fourth-order valence-corrected chi connectivity index (χ4v) is 3.22. The number of ether oxygens (including phenoxy) is 2. The van der Waals surface area contributed by atoms with E-state index in [4.69, 9.17) is 26.8 Å². The zero-order chi connectivity index (χ0) is 19.9.